The maximum atomic E-state index is 11.6. The van der Waals surface area contributed by atoms with Gasteiger partial charge in [-0.15, -0.1) is 0 Å². The van der Waals surface area contributed by atoms with Gasteiger partial charge in [0.2, 0.25) is 5.82 Å². The Morgan fingerprint density at radius 3 is 2.48 bits per heavy atom. The molecular weight excluding hydrogens is 340 g/mol. The molecule has 0 saturated carbocycles. The molecule has 1 aromatic heterocycles. The lowest BCUT2D eigenvalue weighted by molar-refractivity contribution is -0.387. The average molecular weight is 360 g/mol. The van der Waals surface area contributed by atoms with Crippen molar-refractivity contribution >= 4 is 23.3 Å². The fraction of sp³-hybridized carbons (Fsp3) is 0.375. The number of hydrazine groups is 1. The Morgan fingerprint density at radius 2 is 1.84 bits per heavy atom. The lowest BCUT2D eigenvalue weighted by atomic mass is 10.2. The van der Waals surface area contributed by atoms with Crippen LogP contribution in [0.3, 0.4) is 0 Å². The van der Waals surface area contributed by atoms with Crippen molar-refractivity contribution in [3.8, 4) is 0 Å². The number of piperazine rings is 1. The van der Waals surface area contributed by atoms with E-state index in [9.17, 15) is 10.1 Å². The first-order valence-corrected chi connectivity index (χ1v) is 8.78. The van der Waals surface area contributed by atoms with Crippen LogP contribution >= 0.6 is 11.8 Å². The number of aryl methyl sites for hydroxylation is 1. The Labute approximate surface area is 150 Å². The van der Waals surface area contributed by atoms with E-state index in [4.69, 9.17) is 0 Å². The van der Waals surface area contributed by atoms with Crippen molar-refractivity contribution in [2.45, 2.75) is 16.8 Å². The van der Waals surface area contributed by atoms with Gasteiger partial charge in [0, 0.05) is 31.1 Å². The Morgan fingerprint density at radius 1 is 1.16 bits per heavy atom. The van der Waals surface area contributed by atoms with Crippen LogP contribution in [-0.4, -0.2) is 58.0 Å². The second kappa shape index (κ2) is 7.77. The summed E-state index contributed by atoms with van der Waals surface area (Å²) < 4.78 is 0. The van der Waals surface area contributed by atoms with E-state index >= 15 is 0 Å². The predicted molar refractivity (Wildman–Crippen MR) is 96.7 cm³/mol. The molecule has 132 valence electrons. The number of anilines is 1. The molecule has 3 rings (SSSR count). The molecule has 0 spiro atoms. The highest BCUT2D eigenvalue weighted by Gasteiger charge is 2.26. The molecule has 25 heavy (non-hydrogen) atoms. The normalized spacial score (nSPS) is 15.9. The summed E-state index contributed by atoms with van der Waals surface area (Å²) in [5.41, 5.74) is 4.13. The van der Waals surface area contributed by atoms with Gasteiger partial charge in [0.25, 0.3) is 0 Å². The first kappa shape index (κ1) is 17.6. The zero-order valence-electron chi connectivity index (χ0n) is 14.2. The first-order valence-electron chi connectivity index (χ1n) is 7.97. The van der Waals surface area contributed by atoms with Gasteiger partial charge in [-0.05, 0) is 26.1 Å². The van der Waals surface area contributed by atoms with Crippen LogP contribution in [0.1, 0.15) is 5.56 Å². The molecule has 8 nitrogen and oxygen atoms in total. The Hall–Kier alpha value is -2.23. The number of nitrogens with zero attached hydrogens (tertiary/aromatic N) is 5. The third kappa shape index (κ3) is 4.44. The van der Waals surface area contributed by atoms with Crippen LogP contribution in [0.2, 0.25) is 0 Å². The highest BCUT2D eigenvalue weighted by Crippen LogP contribution is 2.36. The minimum atomic E-state index is -0.422. The van der Waals surface area contributed by atoms with Crippen molar-refractivity contribution in [3.05, 3.63) is 46.3 Å². The fourth-order valence-electron chi connectivity index (χ4n) is 2.47. The highest BCUT2D eigenvalue weighted by molar-refractivity contribution is 7.99. The van der Waals surface area contributed by atoms with Gasteiger partial charge in [-0.2, -0.15) is 0 Å². The summed E-state index contributed by atoms with van der Waals surface area (Å²) in [6.45, 7) is 5.35. The number of likely N-dealkylation sites (N-methyl/N-ethyl adjacent to an activating group) is 1. The summed E-state index contributed by atoms with van der Waals surface area (Å²) in [5.74, 6) is 0.235. The van der Waals surface area contributed by atoms with E-state index in [1.54, 1.807) is 0 Å². The maximum absolute atomic E-state index is 11.6. The van der Waals surface area contributed by atoms with Crippen LogP contribution in [-0.2, 0) is 0 Å². The number of hydrogen-bond donors (Lipinski definition) is 1. The van der Waals surface area contributed by atoms with E-state index in [1.807, 2.05) is 36.2 Å². The maximum Gasteiger partial charge on any atom is 0.344 e. The van der Waals surface area contributed by atoms with E-state index < -0.39 is 4.92 Å². The molecule has 2 heterocycles. The largest absolute Gasteiger partial charge is 0.344 e. The molecule has 0 atom stereocenters. The quantitative estimate of drug-likeness (QED) is 0.494. The number of aromatic nitrogens is 2. The van der Waals surface area contributed by atoms with E-state index in [0.717, 1.165) is 36.6 Å². The van der Waals surface area contributed by atoms with Crippen molar-refractivity contribution in [2.24, 2.45) is 0 Å². The van der Waals surface area contributed by atoms with Crippen molar-refractivity contribution in [3.63, 3.8) is 0 Å². The standard InChI is InChI=1S/C16H20N6O2S/c1-12-3-5-13(6-4-12)25-16-14(22(23)24)15(17-11-18-16)19-21-9-7-20(2)8-10-21/h3-6,11H,7-10H2,1-2H3,(H,17,18,19). The van der Waals surface area contributed by atoms with Gasteiger partial charge in [-0.3, -0.25) is 15.5 Å². The zero-order valence-corrected chi connectivity index (χ0v) is 15.0. The van der Waals surface area contributed by atoms with Crippen molar-refractivity contribution in [1.29, 1.82) is 0 Å². The van der Waals surface area contributed by atoms with Crippen LogP contribution in [0.15, 0.2) is 40.5 Å². The molecule has 2 aromatic rings. The average Bonchev–Trinajstić information content (AvgIpc) is 2.59. The summed E-state index contributed by atoms with van der Waals surface area (Å²) in [5, 5.41) is 13.9. The lowest BCUT2D eigenvalue weighted by Gasteiger charge is -2.32. The summed E-state index contributed by atoms with van der Waals surface area (Å²) >= 11 is 1.27. The van der Waals surface area contributed by atoms with E-state index in [0.29, 0.717) is 5.03 Å². The van der Waals surface area contributed by atoms with Gasteiger partial charge in [0.05, 0.1) is 4.92 Å². The van der Waals surface area contributed by atoms with E-state index in [-0.39, 0.29) is 11.5 Å². The summed E-state index contributed by atoms with van der Waals surface area (Å²) in [7, 11) is 2.06. The van der Waals surface area contributed by atoms with Crippen molar-refractivity contribution in [1.82, 2.24) is 19.9 Å². The molecule has 0 amide bonds. The van der Waals surface area contributed by atoms with Crippen LogP contribution < -0.4 is 5.43 Å². The van der Waals surface area contributed by atoms with Gasteiger partial charge < -0.3 is 4.90 Å². The van der Waals surface area contributed by atoms with Gasteiger partial charge in [-0.25, -0.2) is 15.0 Å². The number of nitrogens with one attached hydrogen (secondary N) is 1. The first-order chi connectivity index (χ1) is 12.0. The molecule has 1 fully saturated rings. The SMILES string of the molecule is Cc1ccc(Sc2ncnc(NN3CCN(C)CC3)c2[N+](=O)[O-])cc1. The monoisotopic (exact) mass is 360 g/mol. The molecule has 1 saturated heterocycles. The van der Waals surface area contributed by atoms with Crippen LogP contribution in [0.25, 0.3) is 0 Å². The molecule has 0 aliphatic carbocycles. The minimum absolute atomic E-state index is 0.0907. The number of benzene rings is 1. The molecule has 0 unspecified atom stereocenters. The number of rotatable bonds is 5. The highest BCUT2D eigenvalue weighted by atomic mass is 32.2. The Bertz CT molecular complexity index is 747. The molecule has 1 aliphatic heterocycles. The molecule has 9 heteroatoms. The van der Waals surface area contributed by atoms with Gasteiger partial charge in [0.15, 0.2) is 5.03 Å². The molecular formula is C16H20N6O2S. The number of nitro groups is 1. The zero-order chi connectivity index (χ0) is 17.8. The molecule has 0 radical (unpaired) electrons. The topological polar surface area (TPSA) is 87.4 Å². The molecule has 1 aromatic carbocycles. The third-order valence-electron chi connectivity index (χ3n) is 3.97. The number of hydrogen-bond acceptors (Lipinski definition) is 8. The second-order valence-corrected chi connectivity index (χ2v) is 7.01. The van der Waals surface area contributed by atoms with E-state index in [2.05, 4.69) is 27.3 Å². The van der Waals surface area contributed by atoms with E-state index in [1.165, 1.54) is 18.1 Å². The summed E-state index contributed by atoms with van der Waals surface area (Å²) in [4.78, 5) is 22.5. The molecule has 0 bridgehead atoms. The minimum Gasteiger partial charge on any atom is -0.304 e. The Balaban J connectivity index is 1.83. The van der Waals surface area contributed by atoms with Crippen LogP contribution in [0, 0.1) is 17.0 Å². The fourth-order valence-corrected chi connectivity index (χ4v) is 3.33. The molecule has 1 aliphatic rings. The van der Waals surface area contributed by atoms with Crippen LogP contribution in [0.4, 0.5) is 11.5 Å². The molecule has 1 N–H and O–H groups in total. The van der Waals surface area contributed by atoms with Gasteiger partial charge in [0.1, 0.15) is 6.33 Å². The summed E-state index contributed by atoms with van der Waals surface area (Å²) in [6, 6.07) is 7.80. The third-order valence-corrected chi connectivity index (χ3v) is 4.97. The van der Waals surface area contributed by atoms with Crippen molar-refractivity contribution < 1.29 is 4.92 Å². The lowest BCUT2D eigenvalue weighted by Crippen LogP contribution is -2.47. The van der Waals surface area contributed by atoms with Gasteiger partial charge in [-0.1, -0.05) is 29.5 Å². The smallest absolute Gasteiger partial charge is 0.304 e. The Kier molecular flexibility index (Phi) is 5.47. The predicted octanol–water partition coefficient (Wildman–Crippen LogP) is 2.42. The summed E-state index contributed by atoms with van der Waals surface area (Å²) in [6.07, 6.45) is 1.36. The van der Waals surface area contributed by atoms with Crippen molar-refractivity contribution in [2.75, 3.05) is 38.7 Å². The van der Waals surface area contributed by atoms with Crippen LogP contribution in [0.5, 0.6) is 0 Å². The van der Waals surface area contributed by atoms with Gasteiger partial charge >= 0.3 is 5.69 Å². The second-order valence-electron chi connectivity index (χ2n) is 5.95.